The third-order valence-corrected chi connectivity index (χ3v) is 23.2. The molecule has 0 bridgehead atoms. The molecule has 13 rings (SSSR count). The highest BCUT2D eigenvalue weighted by Crippen LogP contribution is 2.28. The molecule has 5 heterocycles. The predicted molar refractivity (Wildman–Crippen MR) is 619 cm³/mol. The second kappa shape index (κ2) is 71.1. The van der Waals surface area contributed by atoms with Gasteiger partial charge in [0, 0.05) is 83.1 Å². The molecule has 6 amide bonds. The van der Waals surface area contributed by atoms with Gasteiger partial charge in [-0.2, -0.15) is 0 Å². The summed E-state index contributed by atoms with van der Waals surface area (Å²) >= 11 is 37.5. The number of aromatic hydroxyl groups is 2. The van der Waals surface area contributed by atoms with E-state index < -0.39 is 23.8 Å². The molecular weight excluding hydrogens is 2230 g/mol. The van der Waals surface area contributed by atoms with E-state index in [2.05, 4.69) is 70.4 Å². The predicted octanol–water partition coefficient (Wildman–Crippen LogP) is 14.8. The van der Waals surface area contributed by atoms with Gasteiger partial charge in [0.2, 0.25) is 0 Å². The first-order valence-electron chi connectivity index (χ1n) is 45.4. The third kappa shape index (κ3) is 46.5. The lowest BCUT2D eigenvalue weighted by molar-refractivity contribution is 0.0440. The van der Waals surface area contributed by atoms with E-state index in [-0.39, 0.29) is 126 Å². The van der Waals surface area contributed by atoms with E-state index in [0.29, 0.717) is 90.2 Å². The topological polar surface area (TPSA) is 574 Å². The Kier molecular flexibility index (Phi) is 63.2. The van der Waals surface area contributed by atoms with Crippen LogP contribution in [0, 0.1) is 5.41 Å². The molecule has 8 aromatic carbocycles. The maximum Gasteiger partial charge on any atom is 0.346 e. The molecular formula is C101H129BrCl3IN22O15S5. The van der Waals surface area contributed by atoms with Gasteiger partial charge in [-0.25, -0.2) is 29.5 Å². The van der Waals surface area contributed by atoms with Gasteiger partial charge in [-0.15, -0.1) is 41.0 Å². The van der Waals surface area contributed by atoms with Crippen LogP contribution < -0.4 is 70.7 Å². The molecule has 0 atom stereocenters. The van der Waals surface area contributed by atoms with Gasteiger partial charge in [-0.3, -0.25) is 54.3 Å². The Labute approximate surface area is 930 Å². The van der Waals surface area contributed by atoms with Crippen molar-refractivity contribution in [1.82, 2.24) is 60.0 Å². The number of nitrogens with one attached hydrogen (secondary N) is 3. The van der Waals surface area contributed by atoms with E-state index in [0.717, 1.165) is 140 Å². The number of aromatic nitrogens is 4. The minimum atomic E-state index is -0.663. The number of amidine groups is 1. The van der Waals surface area contributed by atoms with E-state index >= 15 is 0 Å². The number of halogens is 5. The number of aliphatic hydroxyl groups excluding tert-OH is 1. The summed E-state index contributed by atoms with van der Waals surface area (Å²) in [6.45, 7) is 2.87. The van der Waals surface area contributed by atoms with Gasteiger partial charge in [0.25, 0.3) is 51.0 Å². The average molecular weight is 2360 g/mol. The Morgan fingerprint density at radius 3 is 0.966 bits per heavy atom. The molecule has 798 valence electrons. The van der Waals surface area contributed by atoms with Gasteiger partial charge < -0.3 is 105 Å². The van der Waals surface area contributed by atoms with Crippen LogP contribution in [-0.4, -0.2) is 253 Å². The van der Waals surface area contributed by atoms with Crippen molar-refractivity contribution in [2.24, 2.45) is 27.9 Å². The number of cyclic esters (lactones) is 2. The summed E-state index contributed by atoms with van der Waals surface area (Å²) in [5.41, 5.74) is 51.5. The molecule has 3 aliphatic rings. The number of benzene rings is 8. The molecule has 0 spiro atoms. The van der Waals surface area contributed by atoms with Crippen molar-refractivity contribution in [2.45, 2.75) is 96.3 Å². The monoisotopic (exact) mass is 2360 g/mol. The molecule has 3 aliphatic heterocycles. The van der Waals surface area contributed by atoms with Crippen LogP contribution in [-0.2, 0) is 36.8 Å². The maximum absolute atomic E-state index is 12.3. The van der Waals surface area contributed by atoms with Crippen molar-refractivity contribution >= 4 is 238 Å². The highest BCUT2D eigenvalue weighted by molar-refractivity contribution is 14.0. The number of hydrogen-bond donors (Lipinski definition) is 14. The number of fused-ring (bicyclic) bond motifs is 3. The number of unbranched alkanes of at least 4 members (excludes halogenated alkanes) is 5. The number of rotatable bonds is 28. The number of ether oxygens (including phenoxy) is 4. The van der Waals surface area contributed by atoms with E-state index in [4.69, 9.17) is 141 Å². The number of phenols is 2. The summed E-state index contributed by atoms with van der Waals surface area (Å²) in [4.78, 5) is 123. The summed E-state index contributed by atoms with van der Waals surface area (Å²) in [6, 6.07) is 58.5. The quantitative estimate of drug-likeness (QED) is 0.00207. The lowest BCUT2D eigenvalue weighted by Crippen LogP contribution is -2.38. The highest BCUT2D eigenvalue weighted by Gasteiger charge is 2.36. The van der Waals surface area contributed by atoms with E-state index in [1.54, 1.807) is 137 Å². The Bertz CT molecular complexity index is 5920. The van der Waals surface area contributed by atoms with Crippen molar-refractivity contribution in [1.29, 1.82) is 5.41 Å². The largest absolute Gasteiger partial charge is 0.508 e. The Morgan fingerprint density at radius 1 is 0.432 bits per heavy atom. The molecule has 2 aromatic heterocycles. The van der Waals surface area contributed by atoms with Crippen LogP contribution in [0.3, 0.4) is 0 Å². The Morgan fingerprint density at radius 2 is 0.696 bits per heavy atom. The van der Waals surface area contributed by atoms with Gasteiger partial charge in [0.05, 0.1) is 33.4 Å². The number of thioether (sulfide) groups is 1. The van der Waals surface area contributed by atoms with Crippen LogP contribution in [0.2, 0.25) is 10.3 Å². The zero-order valence-electron chi connectivity index (χ0n) is 83.9. The standard InChI is InChI=1S/C21H22N2O3S.C19H25ClN8O2S.C18H17NO3.C13H20N2OS.C10H15NO.C8H4O3.C7H9ClN6OS.C3H6ClNS.CH5N.CH4O.BrH.HI/c1-22(2)21(27)26-16-12-10-15(11-13-16)7-5-6-14-23-19(24)17-8-3-4-9-18(17)20(23)25;1-28(2)19(31)30-12-8-6-11(7-9-12)5-3-4-10-24-18(23)27-17(29)13-15(21)26-16(22)14(20)25-13;20-14-10-8-13(9-11-14)5-3-4-12-19-17(21)15-6-1-2-7-16(15)18(19)22;1-15(2)13(17)16-12-8-6-11(7-9-12)5-3-4-10-14;11-8-2-1-3-9-4-6-10(12)7-5-9;9-7-5-3-1-2-4-6(5)8(10)11-7;1-16-7(11)14-6(15)2-4(9)13-5(10)3(8)12-2;1-5(2)3(4)6;2*1-2;;/h3-4,8-13H,5-7,14H2,1-2H3;6-9H,3-5,10H2,1-2H3,(H4,21,22,26)(H3,23,24,27,29);1-2,6-11,20H,3-5,12H2;6-9H,3-5,10,14H2,1-2H3;4-7,12H,1-3,8,11H2;1-4H;1H3,(H4,9,10,13)(H2,11,14,15);1-2H3;2H2,1H3;2H,1H3;2*1H. The fourth-order valence-electron chi connectivity index (χ4n) is 12.4. The maximum atomic E-state index is 12.3. The van der Waals surface area contributed by atoms with Gasteiger partial charge in [-0.05, 0) is 296 Å². The number of aryl methyl sites for hydroxylation is 5. The van der Waals surface area contributed by atoms with Crippen LogP contribution in [0.5, 0.6) is 28.7 Å². The summed E-state index contributed by atoms with van der Waals surface area (Å²) < 4.78 is 21.3. The number of aliphatic imine (C=N–C) groups is 1. The molecule has 0 radical (unpaired) electrons. The molecule has 0 saturated heterocycles. The lowest BCUT2D eigenvalue weighted by Gasteiger charge is -2.14. The van der Waals surface area contributed by atoms with Crippen LogP contribution in [0.15, 0.2) is 199 Å². The highest BCUT2D eigenvalue weighted by atomic mass is 127. The molecule has 22 N–H and O–H groups in total. The van der Waals surface area contributed by atoms with Crippen LogP contribution >= 0.6 is 136 Å². The fraction of sp³-hybridized carbons (Fsp3) is 0.307. The number of esters is 2. The zero-order chi connectivity index (χ0) is 109. The number of carbonyl (C=O) groups excluding carboxylic acids is 8. The molecule has 0 saturated carbocycles. The van der Waals surface area contributed by atoms with Crippen LogP contribution in [0.1, 0.15) is 175 Å². The number of thiocarbonyl (C=S) groups is 4. The van der Waals surface area contributed by atoms with Gasteiger partial charge in [0.1, 0.15) is 28.7 Å². The zero-order valence-corrected chi connectivity index (χ0v) is 94.3. The van der Waals surface area contributed by atoms with E-state index in [1.807, 2.05) is 127 Å². The van der Waals surface area contributed by atoms with Crippen molar-refractivity contribution in [3.63, 3.8) is 0 Å². The van der Waals surface area contributed by atoms with Gasteiger partial charge >= 0.3 is 11.9 Å². The number of aliphatic hydroxyl groups is 1. The number of nitrogens with two attached hydrogens (primary N) is 8. The van der Waals surface area contributed by atoms with E-state index in [9.17, 15) is 43.5 Å². The van der Waals surface area contributed by atoms with Crippen molar-refractivity contribution < 1.29 is 72.6 Å². The molecule has 0 fully saturated rings. The second-order valence-corrected chi connectivity index (χ2v) is 35.4. The Balaban J connectivity index is 0.000000586. The van der Waals surface area contributed by atoms with Crippen molar-refractivity contribution in [3.8, 4) is 28.7 Å². The second-order valence-electron chi connectivity index (χ2n) is 31.9. The summed E-state index contributed by atoms with van der Waals surface area (Å²) in [6.07, 6.45) is 15.8. The van der Waals surface area contributed by atoms with Gasteiger partial charge in [0.15, 0.2) is 60.5 Å². The van der Waals surface area contributed by atoms with Crippen LogP contribution in [0.4, 0.5) is 23.3 Å². The first-order chi connectivity index (χ1) is 69.6. The number of amides is 6. The molecule has 0 aliphatic carbocycles. The minimum absolute atomic E-state index is 0. The van der Waals surface area contributed by atoms with Crippen molar-refractivity contribution in [3.05, 3.63) is 277 Å². The number of phenolic OH excluding ortho intramolecular Hbond substituents is 2. The number of imide groups is 2. The summed E-state index contributed by atoms with van der Waals surface area (Å²) in [5, 5.41) is 38.2. The van der Waals surface area contributed by atoms with Crippen LogP contribution in [0.25, 0.3) is 0 Å². The Hall–Kier alpha value is -12.6. The van der Waals surface area contributed by atoms with E-state index in [1.165, 1.54) is 39.1 Å². The summed E-state index contributed by atoms with van der Waals surface area (Å²) in [7, 11) is 17.2. The SMILES string of the molecule is Br.CN.CN(C)C(=S)Cl.CN(C)C(=S)Oc1ccc(CCCCN)cc1.CN(C)C(=S)Oc1ccc(CCCCN2C(=O)c3ccccc3C2=O)cc1.CN(C)C(=S)Oc1ccc(CCCCN=C(N)NC(=O)c2nc(Cl)c(N)nc2N)cc1.CO.CSC(=N)NC(=O)c1nc(Cl)c(N)nc1N.I.NCCCCc1ccc(O)cc1.O=C1OC(=O)c2ccccc21.O=C1c2ccccc2C(=O)N1CCCCc1ccc(O)cc1. The molecule has 10 aromatic rings. The minimum Gasteiger partial charge on any atom is -0.508 e. The molecule has 0 unspecified atom stereocenters. The number of hydrogen-bond acceptors (Lipinski definition) is 33. The molecule has 47 heteroatoms. The molecule has 148 heavy (non-hydrogen) atoms. The first-order valence-corrected chi connectivity index (χ1v) is 49.4. The smallest absolute Gasteiger partial charge is 0.346 e. The van der Waals surface area contributed by atoms with Gasteiger partial charge in [-0.1, -0.05) is 144 Å². The first kappa shape index (κ1) is 132. The number of carbonyl (C=O) groups is 8. The number of guanidine groups is 1. The lowest BCUT2D eigenvalue weighted by atomic mass is 10.1. The number of nitrogens with zero attached hydrogens (tertiary/aromatic N) is 11. The summed E-state index contributed by atoms with van der Waals surface area (Å²) in [5.74, 6) is -0.805. The average Bonchev–Trinajstić information content (AvgIpc) is 1.64. The fourth-order valence-corrected chi connectivity index (χ4v) is 13.2. The third-order valence-electron chi connectivity index (χ3n) is 20.1. The number of nitrogen functional groups attached to an aromatic ring is 4. The molecule has 37 nitrogen and oxygen atoms in total. The number of anilines is 4. The normalized spacial score (nSPS) is 11.2. The van der Waals surface area contributed by atoms with Crippen molar-refractivity contribution in [2.75, 3.05) is 132 Å².